The minimum absolute atomic E-state index is 0.0614. The predicted octanol–water partition coefficient (Wildman–Crippen LogP) is 1.89. The Kier molecular flexibility index (Phi) is 3.90. The highest BCUT2D eigenvalue weighted by atomic mass is 19.4. The molecule has 0 aromatic heterocycles. The molecular weight excluding hydrogens is 195 g/mol. The van der Waals surface area contributed by atoms with E-state index in [0.29, 0.717) is 6.08 Å². The lowest BCUT2D eigenvalue weighted by atomic mass is 10.1. The van der Waals surface area contributed by atoms with Crippen molar-refractivity contribution in [1.29, 1.82) is 5.26 Å². The third-order valence-electron chi connectivity index (χ3n) is 1.20. The largest absolute Gasteiger partial charge is 0.419 e. The number of hydrogen-bond donors (Lipinski definition) is 1. The molecule has 0 unspecified atom stereocenters. The average Bonchev–Trinajstić information content (AvgIpc) is 2.02. The van der Waals surface area contributed by atoms with Crippen LogP contribution in [0.5, 0.6) is 0 Å². The van der Waals surface area contributed by atoms with Crippen LogP contribution < -0.4 is 5.73 Å². The van der Waals surface area contributed by atoms with E-state index in [2.05, 4.69) is 11.7 Å². The van der Waals surface area contributed by atoms with Gasteiger partial charge in [-0.1, -0.05) is 0 Å². The molecule has 0 bridgehead atoms. The first kappa shape index (κ1) is 12.2. The van der Waals surface area contributed by atoms with Crippen LogP contribution in [0.15, 0.2) is 28.0 Å². The summed E-state index contributed by atoms with van der Waals surface area (Å²) in [5.74, 6) is 0. The highest BCUT2D eigenvalue weighted by Crippen LogP contribution is 2.29. The summed E-state index contributed by atoms with van der Waals surface area (Å²) in [6.07, 6.45) is -4.01. The van der Waals surface area contributed by atoms with E-state index in [1.165, 1.54) is 13.0 Å². The number of allylic oxidation sites excluding steroid dienone is 4. The van der Waals surface area contributed by atoms with Gasteiger partial charge in [0, 0.05) is 5.70 Å². The first-order chi connectivity index (χ1) is 6.32. The van der Waals surface area contributed by atoms with Crippen molar-refractivity contribution in [3.05, 3.63) is 23.0 Å². The Labute approximate surface area is 79.0 Å². The second-order valence-corrected chi connectivity index (χ2v) is 2.42. The first-order valence-corrected chi connectivity index (χ1v) is 3.45. The normalized spacial score (nSPS) is 14.4. The Morgan fingerprint density at radius 3 is 2.29 bits per heavy atom. The molecule has 6 heteroatoms. The lowest BCUT2D eigenvalue weighted by Crippen LogP contribution is -2.13. The fourth-order valence-corrected chi connectivity index (χ4v) is 0.693. The fourth-order valence-electron chi connectivity index (χ4n) is 0.693. The minimum Gasteiger partial charge on any atom is -0.402 e. The molecule has 2 N–H and O–H groups in total. The zero-order chi connectivity index (χ0) is 11.4. The Morgan fingerprint density at radius 2 is 2.07 bits per heavy atom. The van der Waals surface area contributed by atoms with Gasteiger partial charge in [-0.3, -0.25) is 4.99 Å². The number of hydrogen-bond acceptors (Lipinski definition) is 3. The molecule has 0 amide bonds. The molecule has 0 aromatic rings. The molecular formula is C8H8F3N3. The number of nitriles is 1. The summed E-state index contributed by atoms with van der Waals surface area (Å²) < 4.78 is 36.9. The number of halogens is 3. The van der Waals surface area contributed by atoms with E-state index in [0.717, 1.165) is 0 Å². The number of rotatable bonds is 2. The maximum Gasteiger partial charge on any atom is 0.419 e. The molecule has 76 valence electrons. The van der Waals surface area contributed by atoms with Gasteiger partial charge in [0.25, 0.3) is 0 Å². The molecule has 0 aromatic carbocycles. The van der Waals surface area contributed by atoms with Gasteiger partial charge in [-0.25, -0.2) is 0 Å². The van der Waals surface area contributed by atoms with Gasteiger partial charge >= 0.3 is 6.18 Å². The highest BCUT2D eigenvalue weighted by Gasteiger charge is 2.35. The van der Waals surface area contributed by atoms with Crippen molar-refractivity contribution in [2.45, 2.75) is 13.1 Å². The maximum atomic E-state index is 12.3. The lowest BCUT2D eigenvalue weighted by Gasteiger charge is -2.08. The number of aliphatic imine (C=N–C) groups is 1. The van der Waals surface area contributed by atoms with Gasteiger partial charge in [0.15, 0.2) is 5.70 Å². The molecule has 3 nitrogen and oxygen atoms in total. The van der Waals surface area contributed by atoms with E-state index in [1.807, 2.05) is 0 Å². The van der Waals surface area contributed by atoms with E-state index >= 15 is 0 Å². The highest BCUT2D eigenvalue weighted by molar-refractivity contribution is 5.43. The smallest absolute Gasteiger partial charge is 0.402 e. The molecule has 0 fully saturated rings. The van der Waals surface area contributed by atoms with Crippen LogP contribution in [0.1, 0.15) is 6.92 Å². The Bertz CT molecular complexity index is 327. The van der Waals surface area contributed by atoms with Gasteiger partial charge in [-0.2, -0.15) is 18.4 Å². The molecule has 0 spiro atoms. The molecule has 14 heavy (non-hydrogen) atoms. The van der Waals surface area contributed by atoms with Gasteiger partial charge in [0.05, 0.1) is 5.57 Å². The van der Waals surface area contributed by atoms with Crippen LogP contribution in [0.4, 0.5) is 13.2 Å². The molecule has 0 aliphatic carbocycles. The van der Waals surface area contributed by atoms with Crippen molar-refractivity contribution in [1.82, 2.24) is 0 Å². The molecule has 0 radical (unpaired) electrons. The second kappa shape index (κ2) is 4.46. The topological polar surface area (TPSA) is 62.2 Å². The maximum absolute atomic E-state index is 12.3. The van der Waals surface area contributed by atoms with E-state index in [1.54, 1.807) is 0 Å². The Morgan fingerprint density at radius 1 is 1.57 bits per heavy atom. The van der Waals surface area contributed by atoms with Crippen molar-refractivity contribution in [2.24, 2.45) is 10.7 Å². The van der Waals surface area contributed by atoms with Crippen molar-refractivity contribution >= 4 is 6.72 Å². The van der Waals surface area contributed by atoms with E-state index in [-0.39, 0.29) is 5.70 Å². The third kappa shape index (κ3) is 3.31. The van der Waals surface area contributed by atoms with Gasteiger partial charge in [0.2, 0.25) is 0 Å². The van der Waals surface area contributed by atoms with Crippen molar-refractivity contribution in [3.63, 3.8) is 0 Å². The molecule has 0 saturated heterocycles. The lowest BCUT2D eigenvalue weighted by molar-refractivity contribution is -0.0888. The predicted molar refractivity (Wildman–Crippen MR) is 46.2 cm³/mol. The Hall–Kier alpha value is -1.77. The number of nitrogens with two attached hydrogens (primary N) is 1. The van der Waals surface area contributed by atoms with Crippen LogP contribution in [0.3, 0.4) is 0 Å². The molecule has 0 heterocycles. The first-order valence-electron chi connectivity index (χ1n) is 3.45. The summed E-state index contributed by atoms with van der Waals surface area (Å²) in [7, 11) is 0. The standard InChI is InChI=1S/C8H8F3N3/c1-5(13)3-6(8(9,10)11)7(4-12)14-2/h3H,2,13H2,1H3/b5-3+,7-6+. The zero-order valence-corrected chi connectivity index (χ0v) is 7.39. The quantitative estimate of drug-likeness (QED) is 0.423. The summed E-state index contributed by atoms with van der Waals surface area (Å²) in [4.78, 5) is 2.97. The monoisotopic (exact) mass is 203 g/mol. The summed E-state index contributed by atoms with van der Waals surface area (Å²) in [5, 5.41) is 8.36. The van der Waals surface area contributed by atoms with Gasteiger partial charge in [-0.05, 0) is 19.7 Å². The molecule has 0 aliphatic heterocycles. The van der Waals surface area contributed by atoms with E-state index in [4.69, 9.17) is 11.0 Å². The Balaban J connectivity index is 5.56. The van der Waals surface area contributed by atoms with Crippen LogP contribution in [-0.2, 0) is 0 Å². The van der Waals surface area contributed by atoms with Crippen molar-refractivity contribution in [3.8, 4) is 6.07 Å². The summed E-state index contributed by atoms with van der Waals surface area (Å²) in [6, 6.07) is 1.29. The summed E-state index contributed by atoms with van der Waals surface area (Å²) >= 11 is 0. The molecule has 0 saturated carbocycles. The third-order valence-corrected chi connectivity index (χ3v) is 1.20. The minimum atomic E-state index is -4.66. The zero-order valence-electron chi connectivity index (χ0n) is 7.39. The van der Waals surface area contributed by atoms with Gasteiger partial charge < -0.3 is 5.73 Å². The molecule has 0 aliphatic rings. The molecule has 0 rings (SSSR count). The van der Waals surface area contributed by atoms with Crippen LogP contribution in [-0.4, -0.2) is 12.9 Å². The SMILES string of the molecule is C=N/C(C#N)=C(\C=C(/C)N)C(F)(F)F. The second-order valence-electron chi connectivity index (χ2n) is 2.42. The molecule has 0 atom stereocenters. The van der Waals surface area contributed by atoms with Crippen molar-refractivity contribution < 1.29 is 13.2 Å². The average molecular weight is 203 g/mol. The fraction of sp³-hybridized carbons (Fsp3) is 0.250. The van der Waals surface area contributed by atoms with Gasteiger partial charge in [-0.15, -0.1) is 0 Å². The van der Waals surface area contributed by atoms with Crippen LogP contribution in [0.25, 0.3) is 0 Å². The van der Waals surface area contributed by atoms with Crippen molar-refractivity contribution in [2.75, 3.05) is 0 Å². The summed E-state index contributed by atoms with van der Waals surface area (Å²) in [6.45, 7) is 4.15. The summed E-state index contributed by atoms with van der Waals surface area (Å²) in [5.41, 5.74) is 3.06. The van der Waals surface area contributed by atoms with Crippen LogP contribution in [0.2, 0.25) is 0 Å². The number of alkyl halides is 3. The van der Waals surface area contributed by atoms with E-state index in [9.17, 15) is 13.2 Å². The van der Waals surface area contributed by atoms with Gasteiger partial charge in [0.1, 0.15) is 6.07 Å². The van der Waals surface area contributed by atoms with E-state index < -0.39 is 17.4 Å². The van der Waals surface area contributed by atoms with Crippen LogP contribution in [0, 0.1) is 11.3 Å². The van der Waals surface area contributed by atoms with Crippen LogP contribution >= 0.6 is 0 Å². The number of nitrogens with zero attached hydrogens (tertiary/aromatic N) is 2.